The highest BCUT2D eigenvalue weighted by Gasteiger charge is 2.32. The van der Waals surface area contributed by atoms with E-state index in [9.17, 15) is 27.8 Å². The minimum absolute atomic E-state index is 0.0830. The van der Waals surface area contributed by atoms with Gasteiger partial charge in [-0.2, -0.15) is 5.10 Å². The lowest BCUT2D eigenvalue weighted by atomic mass is 9.84. The zero-order chi connectivity index (χ0) is 25.4. The number of halogens is 2. The summed E-state index contributed by atoms with van der Waals surface area (Å²) in [5.41, 5.74) is -1.35. The summed E-state index contributed by atoms with van der Waals surface area (Å²) in [6.45, 7) is 2.86. The van der Waals surface area contributed by atoms with Crippen LogP contribution in [0, 0.1) is 11.6 Å². The molecule has 0 bridgehead atoms. The summed E-state index contributed by atoms with van der Waals surface area (Å²) in [5, 5.41) is 6.72. The van der Waals surface area contributed by atoms with Crippen molar-refractivity contribution in [3.63, 3.8) is 0 Å². The molecule has 0 aliphatic carbocycles. The first-order chi connectivity index (χ1) is 16.5. The van der Waals surface area contributed by atoms with Crippen molar-refractivity contribution in [1.82, 2.24) is 25.1 Å². The molecule has 0 radical (unpaired) electrons. The average Bonchev–Trinajstić information content (AvgIpc) is 3.25. The molecule has 0 saturated heterocycles. The largest absolute Gasteiger partial charge is 0.341 e. The molecule has 4 aromatic rings. The highest BCUT2D eigenvalue weighted by atomic mass is 31.2. The van der Waals surface area contributed by atoms with Gasteiger partial charge in [0.2, 0.25) is 13.3 Å². The number of nitrogens with one attached hydrogen (secondary N) is 2. The number of amides is 1. The second-order valence-corrected chi connectivity index (χ2v) is 10.3. The van der Waals surface area contributed by atoms with Gasteiger partial charge in [-0.15, -0.1) is 0 Å². The summed E-state index contributed by atoms with van der Waals surface area (Å²) in [4.78, 5) is 42.0. The fourth-order valence-corrected chi connectivity index (χ4v) is 4.24. The number of rotatable bonds is 6. The van der Waals surface area contributed by atoms with Gasteiger partial charge in [-0.3, -0.25) is 19.1 Å². The van der Waals surface area contributed by atoms with E-state index >= 15 is 0 Å². The van der Waals surface area contributed by atoms with Crippen LogP contribution in [0.5, 0.6) is 0 Å². The predicted octanol–water partition coefficient (Wildman–Crippen LogP) is 2.45. The summed E-state index contributed by atoms with van der Waals surface area (Å²) in [7, 11) is -3.50. The van der Waals surface area contributed by atoms with Crippen LogP contribution in [0.4, 0.5) is 8.78 Å². The van der Waals surface area contributed by atoms with Gasteiger partial charge in [-0.25, -0.2) is 18.4 Å². The lowest BCUT2D eigenvalue weighted by Crippen LogP contribution is -2.46. The summed E-state index contributed by atoms with van der Waals surface area (Å²) < 4.78 is 39.8. The number of hydrogen-bond donors (Lipinski definition) is 3. The van der Waals surface area contributed by atoms with E-state index in [1.165, 1.54) is 43.1 Å². The lowest BCUT2D eigenvalue weighted by molar-refractivity contribution is 0.0917. The molecule has 0 fully saturated rings. The standard InChI is InChI=1S/C23H20F2N5O4P/c1-23(14-3-7-16(24)8-4-14,15-5-9-18(10-6-15)35(2,33)34)29-21(32)19-12-26-22(28-20(19)31)30-13-17(25)11-27-30/h3-13H,1-2H3,(H,29,32)(H,33,34)(H,26,28,31). The molecule has 0 aliphatic heterocycles. The normalized spacial score (nSPS) is 14.7. The molecular weight excluding hydrogens is 479 g/mol. The maximum absolute atomic E-state index is 13.6. The van der Waals surface area contributed by atoms with Gasteiger partial charge in [0.25, 0.3) is 11.5 Å². The first kappa shape index (κ1) is 24.2. The Balaban J connectivity index is 1.72. The molecule has 12 heteroatoms. The Labute approximate surface area is 197 Å². The quantitative estimate of drug-likeness (QED) is 0.350. The lowest BCUT2D eigenvalue weighted by Gasteiger charge is -2.32. The monoisotopic (exact) mass is 499 g/mol. The van der Waals surface area contributed by atoms with E-state index in [0.29, 0.717) is 11.1 Å². The average molecular weight is 499 g/mol. The fraction of sp³-hybridized carbons (Fsp3) is 0.130. The van der Waals surface area contributed by atoms with Gasteiger partial charge in [-0.1, -0.05) is 24.3 Å². The fourth-order valence-electron chi connectivity index (χ4n) is 3.54. The van der Waals surface area contributed by atoms with Crippen molar-refractivity contribution in [3.8, 4) is 5.95 Å². The predicted molar refractivity (Wildman–Crippen MR) is 124 cm³/mol. The van der Waals surface area contributed by atoms with Crippen molar-refractivity contribution in [2.24, 2.45) is 0 Å². The molecule has 9 nitrogen and oxygen atoms in total. The molecule has 2 heterocycles. The minimum Gasteiger partial charge on any atom is -0.341 e. The van der Waals surface area contributed by atoms with Gasteiger partial charge in [0.1, 0.15) is 11.4 Å². The van der Waals surface area contributed by atoms with E-state index in [1.54, 1.807) is 19.1 Å². The summed E-state index contributed by atoms with van der Waals surface area (Å²) in [5.74, 6) is -1.97. The maximum Gasteiger partial charge on any atom is 0.265 e. The Morgan fingerprint density at radius 1 is 1.06 bits per heavy atom. The number of aromatic nitrogens is 4. The Hall–Kier alpha value is -3.95. The van der Waals surface area contributed by atoms with Crippen LogP contribution in [0.1, 0.15) is 28.4 Å². The zero-order valence-corrected chi connectivity index (χ0v) is 19.5. The first-order valence-corrected chi connectivity index (χ1v) is 12.4. The molecular formula is C23H20F2N5O4P. The number of aromatic amines is 1. The summed E-state index contributed by atoms with van der Waals surface area (Å²) in [6.07, 6.45) is 2.99. The third-order valence-electron chi connectivity index (χ3n) is 5.51. The second-order valence-electron chi connectivity index (χ2n) is 8.06. The number of H-pyrrole nitrogens is 1. The van der Waals surface area contributed by atoms with Gasteiger partial charge in [-0.05, 0) is 42.3 Å². The van der Waals surface area contributed by atoms with Gasteiger partial charge < -0.3 is 10.2 Å². The number of carbonyl (C=O) groups excluding carboxylic acids is 1. The SMILES string of the molecule is CC(NC(=O)c1cnc(-n2cc(F)cn2)[nH]c1=O)(c1ccc(F)cc1)c1ccc(P(C)(=O)O)cc1. The second kappa shape index (κ2) is 9.01. The summed E-state index contributed by atoms with van der Waals surface area (Å²) >= 11 is 0. The minimum atomic E-state index is -3.50. The van der Waals surface area contributed by atoms with Crippen LogP contribution in [0.25, 0.3) is 5.95 Å². The highest BCUT2D eigenvalue weighted by molar-refractivity contribution is 7.65. The van der Waals surface area contributed by atoms with Gasteiger partial charge >= 0.3 is 0 Å². The van der Waals surface area contributed by atoms with E-state index < -0.39 is 36.0 Å². The van der Waals surface area contributed by atoms with Crippen molar-refractivity contribution in [2.75, 3.05) is 6.66 Å². The molecule has 0 saturated carbocycles. The van der Waals surface area contributed by atoms with E-state index in [2.05, 4.69) is 20.4 Å². The van der Waals surface area contributed by atoms with Crippen LogP contribution in [-0.2, 0) is 10.1 Å². The molecule has 2 aromatic heterocycles. The number of benzene rings is 2. The molecule has 35 heavy (non-hydrogen) atoms. The Bertz CT molecular complexity index is 1500. The van der Waals surface area contributed by atoms with Crippen molar-refractivity contribution in [3.05, 3.63) is 106 Å². The molecule has 0 aliphatic rings. The van der Waals surface area contributed by atoms with E-state index in [0.717, 1.165) is 23.3 Å². The van der Waals surface area contributed by atoms with Crippen LogP contribution in [0.3, 0.4) is 0 Å². The van der Waals surface area contributed by atoms with Crippen molar-refractivity contribution in [1.29, 1.82) is 0 Å². The highest BCUT2D eigenvalue weighted by Crippen LogP contribution is 2.35. The molecule has 0 spiro atoms. The third-order valence-corrected chi connectivity index (χ3v) is 6.76. The molecule has 2 atom stereocenters. The molecule has 2 aromatic carbocycles. The summed E-state index contributed by atoms with van der Waals surface area (Å²) in [6, 6.07) is 11.5. The van der Waals surface area contributed by atoms with E-state index in [4.69, 9.17) is 0 Å². The molecule has 2 unspecified atom stereocenters. The number of hydrogen-bond acceptors (Lipinski definition) is 5. The molecule has 180 valence electrons. The van der Waals surface area contributed by atoms with Crippen LogP contribution < -0.4 is 16.2 Å². The van der Waals surface area contributed by atoms with E-state index in [1.807, 2.05) is 0 Å². The zero-order valence-electron chi connectivity index (χ0n) is 18.6. The van der Waals surface area contributed by atoms with Crippen LogP contribution in [-0.4, -0.2) is 37.2 Å². The Morgan fingerprint density at radius 3 is 2.17 bits per heavy atom. The first-order valence-electron chi connectivity index (χ1n) is 10.3. The van der Waals surface area contributed by atoms with Crippen molar-refractivity contribution >= 4 is 18.6 Å². The van der Waals surface area contributed by atoms with Crippen molar-refractivity contribution in [2.45, 2.75) is 12.5 Å². The number of carbonyl (C=O) groups is 1. The maximum atomic E-state index is 13.6. The number of nitrogens with zero attached hydrogens (tertiary/aromatic N) is 3. The Kier molecular flexibility index (Phi) is 6.23. The molecule has 1 amide bonds. The van der Waals surface area contributed by atoms with Gasteiger partial charge in [0.15, 0.2) is 5.82 Å². The van der Waals surface area contributed by atoms with Crippen molar-refractivity contribution < 1.29 is 23.0 Å². The van der Waals surface area contributed by atoms with Crippen LogP contribution in [0.2, 0.25) is 0 Å². The Morgan fingerprint density at radius 2 is 1.66 bits per heavy atom. The van der Waals surface area contributed by atoms with Crippen LogP contribution in [0.15, 0.2) is 71.9 Å². The smallest absolute Gasteiger partial charge is 0.265 e. The van der Waals surface area contributed by atoms with E-state index in [-0.39, 0.29) is 16.8 Å². The van der Waals surface area contributed by atoms with Gasteiger partial charge in [0, 0.05) is 18.2 Å². The van der Waals surface area contributed by atoms with Crippen LogP contribution >= 0.6 is 7.37 Å². The van der Waals surface area contributed by atoms with Gasteiger partial charge in [0.05, 0.1) is 17.9 Å². The topological polar surface area (TPSA) is 130 Å². The molecule has 3 N–H and O–H groups in total. The third kappa shape index (κ3) is 4.96. The molecule has 4 rings (SSSR count).